The molecule has 23 heavy (non-hydrogen) atoms. The van der Waals surface area contributed by atoms with Crippen LogP contribution < -0.4 is 0 Å². The number of carbonyl (C=O) groups is 4. The second-order valence-electron chi connectivity index (χ2n) is 4.64. The summed E-state index contributed by atoms with van der Waals surface area (Å²) >= 11 is 5.99. The van der Waals surface area contributed by atoms with Gasteiger partial charge in [0.05, 0.1) is 18.7 Å². The average Bonchev–Trinajstić information content (AvgIpc) is 2.56. The zero-order chi connectivity index (χ0) is 17.1. The highest BCUT2D eigenvalue weighted by Crippen LogP contribution is 2.33. The van der Waals surface area contributed by atoms with Crippen LogP contribution in [-0.4, -0.2) is 37.2 Å². The quantitative estimate of drug-likeness (QED) is 0.616. The van der Waals surface area contributed by atoms with Gasteiger partial charge in [0, 0.05) is 16.7 Å². The summed E-state index contributed by atoms with van der Waals surface area (Å²) in [7, 11) is 1.06. The summed E-state index contributed by atoms with van der Waals surface area (Å²) in [5, 5.41) is -0.475. The molecule has 0 aromatic heterocycles. The molecular weight excluding hydrogens is 324 g/mol. The van der Waals surface area contributed by atoms with E-state index in [4.69, 9.17) is 16.3 Å². The Morgan fingerprint density at radius 3 is 2.17 bits per heavy atom. The molecule has 1 aliphatic rings. The highest BCUT2D eigenvalue weighted by molar-refractivity contribution is 6.50. The number of ketones is 2. The molecule has 2 rings (SSSR count). The third-order valence-electron chi connectivity index (χ3n) is 3.34. The van der Waals surface area contributed by atoms with Gasteiger partial charge in [-0.05, 0) is 6.92 Å². The van der Waals surface area contributed by atoms with E-state index in [2.05, 4.69) is 4.74 Å². The Labute approximate surface area is 137 Å². The van der Waals surface area contributed by atoms with Gasteiger partial charge in [0.15, 0.2) is 11.7 Å². The van der Waals surface area contributed by atoms with Crippen molar-refractivity contribution in [1.29, 1.82) is 0 Å². The van der Waals surface area contributed by atoms with Gasteiger partial charge in [-0.15, -0.1) is 0 Å². The molecule has 0 radical (unpaired) electrons. The maximum atomic E-state index is 12.6. The van der Waals surface area contributed by atoms with Crippen molar-refractivity contribution in [2.24, 2.45) is 5.92 Å². The van der Waals surface area contributed by atoms with Crippen molar-refractivity contribution in [2.45, 2.75) is 6.92 Å². The summed E-state index contributed by atoms with van der Waals surface area (Å²) in [5.74, 6) is -5.01. The fraction of sp³-hybridized carbons (Fsp3) is 0.250. The molecule has 0 saturated heterocycles. The monoisotopic (exact) mass is 336 g/mol. The van der Waals surface area contributed by atoms with Crippen LogP contribution in [0.15, 0.2) is 34.9 Å². The number of rotatable bonds is 4. The van der Waals surface area contributed by atoms with Crippen LogP contribution in [0.25, 0.3) is 0 Å². The van der Waals surface area contributed by atoms with Crippen LogP contribution in [0.4, 0.5) is 0 Å². The summed E-state index contributed by atoms with van der Waals surface area (Å²) in [5.41, 5.74) is -0.213. The molecule has 1 unspecified atom stereocenters. The molecule has 120 valence electrons. The number of halogens is 1. The smallest absolute Gasteiger partial charge is 0.325 e. The molecule has 0 amide bonds. The van der Waals surface area contributed by atoms with Crippen molar-refractivity contribution < 1.29 is 28.7 Å². The van der Waals surface area contributed by atoms with E-state index in [9.17, 15) is 19.2 Å². The topological polar surface area (TPSA) is 86.7 Å². The zero-order valence-corrected chi connectivity index (χ0v) is 13.2. The fourth-order valence-corrected chi connectivity index (χ4v) is 2.59. The van der Waals surface area contributed by atoms with Gasteiger partial charge in [-0.1, -0.05) is 35.9 Å². The Hall–Kier alpha value is -2.47. The van der Waals surface area contributed by atoms with E-state index >= 15 is 0 Å². The minimum Gasteiger partial charge on any atom is -0.468 e. The lowest BCUT2D eigenvalue weighted by Gasteiger charge is -2.22. The Bertz CT molecular complexity index is 734. The van der Waals surface area contributed by atoms with Gasteiger partial charge in [0.2, 0.25) is 5.78 Å². The number of hydrogen-bond acceptors (Lipinski definition) is 6. The molecule has 1 aliphatic carbocycles. The lowest BCUT2D eigenvalue weighted by molar-refractivity contribution is -0.158. The summed E-state index contributed by atoms with van der Waals surface area (Å²) in [4.78, 5) is 49.0. The van der Waals surface area contributed by atoms with E-state index in [1.807, 2.05) is 0 Å². The Balaban J connectivity index is 2.61. The number of ether oxygens (including phenoxy) is 2. The van der Waals surface area contributed by atoms with Crippen molar-refractivity contribution in [3.8, 4) is 0 Å². The molecule has 1 atom stereocenters. The van der Waals surface area contributed by atoms with Gasteiger partial charge in [-0.2, -0.15) is 0 Å². The number of benzene rings is 1. The molecule has 7 heteroatoms. The van der Waals surface area contributed by atoms with Gasteiger partial charge >= 0.3 is 11.9 Å². The summed E-state index contributed by atoms with van der Waals surface area (Å²) in [6, 6.07) is 6.03. The zero-order valence-electron chi connectivity index (χ0n) is 12.4. The van der Waals surface area contributed by atoms with Crippen molar-refractivity contribution in [3.05, 3.63) is 46.0 Å². The van der Waals surface area contributed by atoms with Crippen molar-refractivity contribution >= 4 is 35.1 Å². The van der Waals surface area contributed by atoms with E-state index in [0.29, 0.717) is 0 Å². The first-order chi connectivity index (χ1) is 10.9. The van der Waals surface area contributed by atoms with Crippen LogP contribution >= 0.6 is 11.6 Å². The van der Waals surface area contributed by atoms with E-state index in [1.165, 1.54) is 12.1 Å². The predicted octanol–water partition coefficient (Wildman–Crippen LogP) is 1.91. The molecule has 0 spiro atoms. The third-order valence-corrected chi connectivity index (χ3v) is 3.72. The average molecular weight is 337 g/mol. The van der Waals surface area contributed by atoms with Crippen molar-refractivity contribution in [1.82, 2.24) is 0 Å². The first-order valence-electron chi connectivity index (χ1n) is 6.76. The number of fused-ring (bicyclic) bond motifs is 1. The molecule has 0 saturated carbocycles. The minimum atomic E-state index is -1.70. The molecule has 0 N–H and O–H groups in total. The number of esters is 2. The Kier molecular flexibility index (Phi) is 4.95. The SMILES string of the molecule is CCOC(=O)C(C(=O)OC)C1=C(Cl)C(=O)c2ccccc2C1=O. The van der Waals surface area contributed by atoms with E-state index in [0.717, 1.165) is 7.11 Å². The lowest BCUT2D eigenvalue weighted by Crippen LogP contribution is -2.35. The number of Topliss-reactive ketones (excluding diaryl/α,β-unsaturated/α-hetero) is 2. The Morgan fingerprint density at radius 1 is 1.09 bits per heavy atom. The first kappa shape index (κ1) is 16.9. The summed E-state index contributed by atoms with van der Waals surface area (Å²) in [6.45, 7) is 1.54. The van der Waals surface area contributed by atoms with Crippen molar-refractivity contribution in [3.63, 3.8) is 0 Å². The summed E-state index contributed by atoms with van der Waals surface area (Å²) < 4.78 is 9.36. The lowest BCUT2D eigenvalue weighted by atomic mass is 9.83. The molecular formula is C16H13ClO6. The molecule has 0 aliphatic heterocycles. The van der Waals surface area contributed by atoms with Crippen LogP contribution in [0, 0.1) is 5.92 Å². The molecule has 0 heterocycles. The van der Waals surface area contributed by atoms with E-state index in [1.54, 1.807) is 19.1 Å². The normalized spacial score (nSPS) is 15.1. The molecule has 6 nitrogen and oxygen atoms in total. The largest absolute Gasteiger partial charge is 0.468 e. The first-order valence-corrected chi connectivity index (χ1v) is 7.14. The molecule has 1 aromatic rings. The van der Waals surface area contributed by atoms with Gasteiger partial charge in [-0.3, -0.25) is 19.2 Å². The van der Waals surface area contributed by atoms with Gasteiger partial charge < -0.3 is 9.47 Å². The van der Waals surface area contributed by atoms with Crippen LogP contribution in [-0.2, 0) is 19.1 Å². The third kappa shape index (κ3) is 2.90. The highest BCUT2D eigenvalue weighted by atomic mass is 35.5. The molecule has 0 fully saturated rings. The van der Waals surface area contributed by atoms with E-state index in [-0.39, 0.29) is 17.7 Å². The van der Waals surface area contributed by atoms with Gasteiger partial charge in [0.25, 0.3) is 0 Å². The van der Waals surface area contributed by atoms with E-state index < -0.39 is 40.0 Å². The number of carbonyl (C=O) groups excluding carboxylic acids is 4. The standard InChI is InChI=1S/C16H13ClO6/c1-3-23-16(21)11(15(20)22-2)10-12(17)14(19)9-7-5-4-6-8(9)13(10)18/h4-7,11H,3H2,1-2H3. The van der Waals surface area contributed by atoms with Gasteiger partial charge in [0.1, 0.15) is 0 Å². The maximum absolute atomic E-state index is 12.6. The minimum absolute atomic E-state index is 0.00402. The summed E-state index contributed by atoms with van der Waals surface area (Å²) in [6.07, 6.45) is 0. The number of hydrogen-bond donors (Lipinski definition) is 0. The molecule has 0 bridgehead atoms. The van der Waals surface area contributed by atoms with Gasteiger partial charge in [-0.25, -0.2) is 0 Å². The fourth-order valence-electron chi connectivity index (χ4n) is 2.30. The Morgan fingerprint density at radius 2 is 1.65 bits per heavy atom. The van der Waals surface area contributed by atoms with Crippen LogP contribution in [0.5, 0.6) is 0 Å². The van der Waals surface area contributed by atoms with Crippen LogP contribution in [0.1, 0.15) is 27.6 Å². The second-order valence-corrected chi connectivity index (χ2v) is 5.02. The van der Waals surface area contributed by atoms with Crippen LogP contribution in [0.3, 0.4) is 0 Å². The highest BCUT2D eigenvalue weighted by Gasteiger charge is 2.43. The molecule has 1 aromatic carbocycles. The number of allylic oxidation sites excluding steroid dienone is 1. The number of methoxy groups -OCH3 is 1. The second kappa shape index (κ2) is 6.75. The maximum Gasteiger partial charge on any atom is 0.325 e. The predicted molar refractivity (Wildman–Crippen MR) is 80.1 cm³/mol. The van der Waals surface area contributed by atoms with Crippen molar-refractivity contribution in [2.75, 3.05) is 13.7 Å². The van der Waals surface area contributed by atoms with Crippen LogP contribution in [0.2, 0.25) is 0 Å².